The highest BCUT2D eigenvalue weighted by atomic mass is 16.5. The van der Waals surface area contributed by atoms with Crippen molar-refractivity contribution < 1.29 is 14.6 Å². The number of methoxy groups -OCH3 is 1. The van der Waals surface area contributed by atoms with Crippen LogP contribution in [-0.4, -0.2) is 18.2 Å². The lowest BCUT2D eigenvalue weighted by molar-refractivity contribution is -0.138. The summed E-state index contributed by atoms with van der Waals surface area (Å²) in [6.45, 7) is 3.97. The topological polar surface area (TPSA) is 46.5 Å². The maximum absolute atomic E-state index is 11.7. The maximum atomic E-state index is 11.7. The minimum absolute atomic E-state index is 0.420. The maximum Gasteiger partial charge on any atom is 0.311 e. The van der Waals surface area contributed by atoms with E-state index in [4.69, 9.17) is 4.74 Å². The van der Waals surface area contributed by atoms with E-state index in [0.29, 0.717) is 6.42 Å². The molecule has 21 heavy (non-hydrogen) atoms. The number of rotatable bonds is 5. The summed E-state index contributed by atoms with van der Waals surface area (Å²) in [6, 6.07) is 13.5. The average Bonchev–Trinajstić information content (AvgIpc) is 2.45. The van der Waals surface area contributed by atoms with E-state index in [9.17, 15) is 9.90 Å². The zero-order chi connectivity index (χ0) is 15.4. The van der Waals surface area contributed by atoms with Crippen molar-refractivity contribution in [2.75, 3.05) is 7.11 Å². The van der Waals surface area contributed by atoms with Gasteiger partial charge in [-0.2, -0.15) is 0 Å². The van der Waals surface area contributed by atoms with E-state index in [1.54, 1.807) is 7.11 Å². The van der Waals surface area contributed by atoms with Crippen molar-refractivity contribution in [1.29, 1.82) is 0 Å². The van der Waals surface area contributed by atoms with Crippen molar-refractivity contribution in [2.45, 2.75) is 26.2 Å². The quantitative estimate of drug-likeness (QED) is 0.910. The summed E-state index contributed by atoms with van der Waals surface area (Å²) < 4.78 is 5.32. The number of hydrogen-bond donors (Lipinski definition) is 1. The summed E-state index contributed by atoms with van der Waals surface area (Å²) in [7, 11) is 1.60. The van der Waals surface area contributed by atoms with Gasteiger partial charge >= 0.3 is 5.97 Å². The minimum atomic E-state index is -0.812. The lowest BCUT2D eigenvalue weighted by atomic mass is 9.88. The molecule has 0 fully saturated rings. The summed E-state index contributed by atoms with van der Waals surface area (Å²) in [6.07, 6.45) is 0.420. The number of carbonyl (C=O) groups is 1. The first-order valence-electron chi connectivity index (χ1n) is 6.94. The molecule has 3 nitrogen and oxygen atoms in total. The van der Waals surface area contributed by atoms with Gasteiger partial charge in [0.2, 0.25) is 0 Å². The highest BCUT2D eigenvalue weighted by molar-refractivity contribution is 5.77. The average molecular weight is 284 g/mol. The molecule has 110 valence electrons. The molecule has 0 heterocycles. The summed E-state index contributed by atoms with van der Waals surface area (Å²) in [4.78, 5) is 11.7. The van der Waals surface area contributed by atoms with Gasteiger partial charge in [-0.05, 0) is 43.0 Å². The van der Waals surface area contributed by atoms with Crippen LogP contribution in [0, 0.1) is 13.8 Å². The molecule has 2 aromatic carbocycles. The lowest BCUT2D eigenvalue weighted by Crippen LogP contribution is -2.16. The van der Waals surface area contributed by atoms with Crippen LogP contribution >= 0.6 is 0 Å². The van der Waals surface area contributed by atoms with Crippen molar-refractivity contribution in [3.63, 3.8) is 0 Å². The van der Waals surface area contributed by atoms with Gasteiger partial charge < -0.3 is 9.84 Å². The largest absolute Gasteiger partial charge is 0.496 e. The fraction of sp³-hybridized carbons (Fsp3) is 0.278. The van der Waals surface area contributed by atoms with Crippen LogP contribution in [0.3, 0.4) is 0 Å². The van der Waals surface area contributed by atoms with Crippen LogP contribution in [0.5, 0.6) is 5.75 Å². The molecule has 0 aromatic heterocycles. The van der Waals surface area contributed by atoms with E-state index >= 15 is 0 Å². The van der Waals surface area contributed by atoms with E-state index in [1.165, 1.54) is 0 Å². The van der Waals surface area contributed by atoms with Crippen LogP contribution in [0.1, 0.15) is 28.2 Å². The first-order valence-corrected chi connectivity index (χ1v) is 6.94. The highest BCUT2D eigenvalue weighted by Gasteiger charge is 2.23. The van der Waals surface area contributed by atoms with Gasteiger partial charge in [0, 0.05) is 0 Å². The smallest absolute Gasteiger partial charge is 0.311 e. The number of ether oxygens (including phenoxy) is 1. The molecule has 0 saturated carbocycles. The molecule has 0 radical (unpaired) electrons. The number of aryl methyl sites for hydroxylation is 2. The normalized spacial score (nSPS) is 12.0. The first-order chi connectivity index (χ1) is 10.0. The predicted molar refractivity (Wildman–Crippen MR) is 83.0 cm³/mol. The second-order valence-electron chi connectivity index (χ2n) is 5.27. The van der Waals surface area contributed by atoms with E-state index in [2.05, 4.69) is 0 Å². The second kappa shape index (κ2) is 6.44. The summed E-state index contributed by atoms with van der Waals surface area (Å²) in [5.41, 5.74) is 3.92. The number of carboxylic acids is 1. The van der Waals surface area contributed by atoms with Crippen molar-refractivity contribution >= 4 is 5.97 Å². The van der Waals surface area contributed by atoms with Gasteiger partial charge in [-0.1, -0.05) is 42.0 Å². The molecule has 0 aliphatic carbocycles. The third-order valence-corrected chi connectivity index (χ3v) is 3.72. The summed E-state index contributed by atoms with van der Waals surface area (Å²) in [5, 5.41) is 9.60. The molecule has 2 aromatic rings. The van der Waals surface area contributed by atoms with Crippen LogP contribution in [-0.2, 0) is 11.2 Å². The number of para-hydroxylation sites is 1. The molecule has 0 aliphatic rings. The first kappa shape index (κ1) is 15.1. The SMILES string of the molecule is COc1ccccc1CC(C(=O)O)c1ccc(C)cc1C. The number of carboxylic acid groups (broad SMARTS) is 1. The fourth-order valence-corrected chi connectivity index (χ4v) is 2.64. The Kier molecular flexibility index (Phi) is 4.63. The molecule has 0 saturated heterocycles. The van der Waals surface area contributed by atoms with Crippen LogP contribution in [0.25, 0.3) is 0 Å². The van der Waals surface area contributed by atoms with E-state index in [-0.39, 0.29) is 0 Å². The molecule has 1 atom stereocenters. The van der Waals surface area contributed by atoms with Gasteiger partial charge in [-0.15, -0.1) is 0 Å². The zero-order valence-corrected chi connectivity index (χ0v) is 12.6. The molecular formula is C18H20O3. The number of benzene rings is 2. The molecular weight excluding hydrogens is 264 g/mol. The Hall–Kier alpha value is -2.29. The second-order valence-corrected chi connectivity index (χ2v) is 5.27. The van der Waals surface area contributed by atoms with Gasteiger partial charge in [-0.25, -0.2) is 0 Å². The van der Waals surface area contributed by atoms with E-state index in [0.717, 1.165) is 28.0 Å². The van der Waals surface area contributed by atoms with E-state index in [1.807, 2.05) is 56.3 Å². The van der Waals surface area contributed by atoms with Crippen LogP contribution in [0.2, 0.25) is 0 Å². The van der Waals surface area contributed by atoms with Crippen molar-refractivity contribution in [3.05, 3.63) is 64.7 Å². The molecule has 0 bridgehead atoms. The van der Waals surface area contributed by atoms with Crippen LogP contribution < -0.4 is 4.74 Å². The van der Waals surface area contributed by atoms with Gasteiger partial charge in [0.05, 0.1) is 13.0 Å². The molecule has 0 aliphatic heterocycles. The molecule has 0 spiro atoms. The van der Waals surface area contributed by atoms with Gasteiger partial charge in [0.25, 0.3) is 0 Å². The van der Waals surface area contributed by atoms with Crippen LogP contribution in [0.15, 0.2) is 42.5 Å². The van der Waals surface area contributed by atoms with E-state index < -0.39 is 11.9 Å². The van der Waals surface area contributed by atoms with Crippen LogP contribution in [0.4, 0.5) is 0 Å². The molecule has 1 unspecified atom stereocenters. The number of aliphatic carboxylic acids is 1. The third-order valence-electron chi connectivity index (χ3n) is 3.72. The fourth-order valence-electron chi connectivity index (χ4n) is 2.64. The zero-order valence-electron chi connectivity index (χ0n) is 12.6. The Balaban J connectivity index is 2.38. The molecule has 3 heteroatoms. The monoisotopic (exact) mass is 284 g/mol. The molecule has 2 rings (SSSR count). The van der Waals surface area contributed by atoms with Crippen molar-refractivity contribution in [3.8, 4) is 5.75 Å². The minimum Gasteiger partial charge on any atom is -0.496 e. The standard InChI is InChI=1S/C18H20O3/c1-12-8-9-15(13(2)10-12)16(18(19)20)11-14-6-4-5-7-17(14)21-3/h4-10,16H,11H2,1-3H3,(H,19,20). The van der Waals surface area contributed by atoms with Crippen molar-refractivity contribution in [2.24, 2.45) is 0 Å². The van der Waals surface area contributed by atoms with Gasteiger partial charge in [-0.3, -0.25) is 4.79 Å². The third kappa shape index (κ3) is 3.43. The Morgan fingerprint density at radius 2 is 1.90 bits per heavy atom. The molecule has 1 N–H and O–H groups in total. The number of hydrogen-bond acceptors (Lipinski definition) is 2. The summed E-state index contributed by atoms with van der Waals surface area (Å²) in [5.74, 6) is -0.650. The Bertz CT molecular complexity index is 647. The Labute approximate surface area is 125 Å². The highest BCUT2D eigenvalue weighted by Crippen LogP contribution is 2.29. The lowest BCUT2D eigenvalue weighted by Gasteiger charge is -2.17. The van der Waals surface area contributed by atoms with Crippen molar-refractivity contribution in [1.82, 2.24) is 0 Å². The Morgan fingerprint density at radius 3 is 2.52 bits per heavy atom. The predicted octanol–water partition coefficient (Wildman–Crippen LogP) is 3.72. The Morgan fingerprint density at radius 1 is 1.19 bits per heavy atom. The van der Waals surface area contributed by atoms with Gasteiger partial charge in [0.1, 0.15) is 5.75 Å². The molecule has 0 amide bonds. The summed E-state index contributed by atoms with van der Waals surface area (Å²) >= 11 is 0. The van der Waals surface area contributed by atoms with Gasteiger partial charge in [0.15, 0.2) is 0 Å².